The Bertz CT molecular complexity index is 157. The number of nitrogens with two attached hydrogens (primary N) is 1. The summed E-state index contributed by atoms with van der Waals surface area (Å²) in [5.41, 5.74) is 5.85. The van der Waals surface area contributed by atoms with Crippen molar-refractivity contribution in [2.45, 2.75) is 40.2 Å². The fraction of sp³-hybridized carbons (Fsp3) is 0.900. The maximum atomic E-state index is 11.1. The topological polar surface area (TPSA) is 52.3 Å². The number of rotatable bonds is 5. The summed E-state index contributed by atoms with van der Waals surface area (Å²) in [5.74, 6) is 0.663. The van der Waals surface area contributed by atoms with Crippen LogP contribution in [-0.4, -0.2) is 18.6 Å². The Balaban J connectivity index is 3.85. The highest BCUT2D eigenvalue weighted by Crippen LogP contribution is 2.15. The van der Waals surface area contributed by atoms with E-state index in [1.807, 2.05) is 0 Å². The number of hydrogen-bond acceptors (Lipinski definition) is 3. The average molecular weight is 187 g/mol. The molecular weight excluding hydrogens is 166 g/mol. The van der Waals surface area contributed by atoms with Crippen molar-refractivity contribution >= 4 is 5.97 Å². The number of esters is 1. The Hall–Kier alpha value is -0.570. The first-order valence-electron chi connectivity index (χ1n) is 4.90. The lowest BCUT2D eigenvalue weighted by molar-refractivity contribution is -0.143. The van der Waals surface area contributed by atoms with Gasteiger partial charge in [-0.15, -0.1) is 0 Å². The standard InChI is InChI=1S/C10H21NO2/c1-5-13-10(12)6-9(11)8(4)7(2)3/h7-9H,5-6,11H2,1-4H3. The second kappa shape index (κ2) is 5.97. The number of carbonyl (C=O) groups is 1. The Morgan fingerprint density at radius 1 is 1.38 bits per heavy atom. The van der Waals surface area contributed by atoms with Gasteiger partial charge in [-0.25, -0.2) is 0 Å². The molecule has 0 aromatic carbocycles. The summed E-state index contributed by atoms with van der Waals surface area (Å²) in [4.78, 5) is 11.1. The molecule has 2 N–H and O–H groups in total. The molecule has 0 aromatic rings. The first-order chi connectivity index (χ1) is 5.99. The van der Waals surface area contributed by atoms with E-state index in [-0.39, 0.29) is 12.0 Å². The summed E-state index contributed by atoms with van der Waals surface area (Å²) in [6, 6.07) is -0.0842. The highest BCUT2D eigenvalue weighted by molar-refractivity contribution is 5.70. The molecule has 3 nitrogen and oxygen atoms in total. The van der Waals surface area contributed by atoms with E-state index in [0.29, 0.717) is 24.9 Å². The quantitative estimate of drug-likeness (QED) is 0.664. The van der Waals surface area contributed by atoms with E-state index in [0.717, 1.165) is 0 Å². The molecule has 0 radical (unpaired) electrons. The largest absolute Gasteiger partial charge is 0.466 e. The molecule has 13 heavy (non-hydrogen) atoms. The van der Waals surface area contributed by atoms with Crippen molar-refractivity contribution in [3.63, 3.8) is 0 Å². The van der Waals surface area contributed by atoms with Crippen LogP contribution in [-0.2, 0) is 9.53 Å². The van der Waals surface area contributed by atoms with Gasteiger partial charge in [-0.05, 0) is 18.8 Å². The molecule has 0 aliphatic carbocycles. The lowest BCUT2D eigenvalue weighted by Gasteiger charge is -2.22. The summed E-state index contributed by atoms with van der Waals surface area (Å²) in [5, 5.41) is 0. The number of ether oxygens (including phenoxy) is 1. The Kier molecular flexibility index (Phi) is 5.71. The predicted octanol–water partition coefficient (Wildman–Crippen LogP) is 1.56. The van der Waals surface area contributed by atoms with E-state index in [4.69, 9.17) is 10.5 Å². The first kappa shape index (κ1) is 12.4. The highest BCUT2D eigenvalue weighted by atomic mass is 16.5. The van der Waals surface area contributed by atoms with Crippen LogP contribution in [0.1, 0.15) is 34.1 Å². The summed E-state index contributed by atoms with van der Waals surface area (Å²) >= 11 is 0. The van der Waals surface area contributed by atoms with Crippen LogP contribution in [0.2, 0.25) is 0 Å². The maximum absolute atomic E-state index is 11.1. The van der Waals surface area contributed by atoms with Crippen molar-refractivity contribution in [1.29, 1.82) is 0 Å². The summed E-state index contributed by atoms with van der Waals surface area (Å²) in [6.45, 7) is 8.51. The molecule has 0 saturated heterocycles. The monoisotopic (exact) mass is 187 g/mol. The summed E-state index contributed by atoms with van der Waals surface area (Å²) < 4.78 is 4.82. The van der Waals surface area contributed by atoms with E-state index in [1.54, 1.807) is 6.92 Å². The smallest absolute Gasteiger partial charge is 0.307 e. The van der Waals surface area contributed by atoms with Crippen LogP contribution >= 0.6 is 0 Å². The molecule has 0 aliphatic heterocycles. The van der Waals surface area contributed by atoms with Crippen LogP contribution in [0.15, 0.2) is 0 Å². The van der Waals surface area contributed by atoms with Gasteiger partial charge in [0.25, 0.3) is 0 Å². The third-order valence-electron chi connectivity index (χ3n) is 2.43. The third kappa shape index (κ3) is 4.88. The zero-order chi connectivity index (χ0) is 10.4. The lowest BCUT2D eigenvalue weighted by Crippen LogP contribution is -2.34. The second-order valence-electron chi connectivity index (χ2n) is 3.78. The van der Waals surface area contributed by atoms with E-state index < -0.39 is 0 Å². The minimum Gasteiger partial charge on any atom is -0.466 e. The maximum Gasteiger partial charge on any atom is 0.307 e. The van der Waals surface area contributed by atoms with Crippen molar-refractivity contribution in [3.8, 4) is 0 Å². The average Bonchev–Trinajstić information content (AvgIpc) is 2.03. The molecule has 0 heterocycles. The first-order valence-corrected chi connectivity index (χ1v) is 4.90. The minimum atomic E-state index is -0.192. The van der Waals surface area contributed by atoms with Gasteiger partial charge in [0.2, 0.25) is 0 Å². The van der Waals surface area contributed by atoms with Gasteiger partial charge in [-0.3, -0.25) is 4.79 Å². The molecule has 2 atom stereocenters. The summed E-state index contributed by atoms with van der Waals surface area (Å²) in [7, 11) is 0. The third-order valence-corrected chi connectivity index (χ3v) is 2.43. The molecule has 0 spiro atoms. The fourth-order valence-corrected chi connectivity index (χ4v) is 1.09. The van der Waals surface area contributed by atoms with E-state index in [1.165, 1.54) is 0 Å². The van der Waals surface area contributed by atoms with Crippen LogP contribution in [0.4, 0.5) is 0 Å². The molecule has 0 amide bonds. The SMILES string of the molecule is CCOC(=O)CC(N)C(C)C(C)C. The molecule has 78 valence electrons. The van der Waals surface area contributed by atoms with E-state index in [2.05, 4.69) is 20.8 Å². The van der Waals surface area contributed by atoms with Gasteiger partial charge in [0.15, 0.2) is 0 Å². The van der Waals surface area contributed by atoms with Crippen molar-refractivity contribution in [3.05, 3.63) is 0 Å². The van der Waals surface area contributed by atoms with Gasteiger partial charge in [0.1, 0.15) is 0 Å². The Labute approximate surface area is 80.6 Å². The fourth-order valence-electron chi connectivity index (χ4n) is 1.09. The zero-order valence-electron chi connectivity index (χ0n) is 9.04. The summed E-state index contributed by atoms with van der Waals surface area (Å²) in [6.07, 6.45) is 0.327. The van der Waals surface area contributed by atoms with Crippen LogP contribution < -0.4 is 5.73 Å². The Morgan fingerprint density at radius 2 is 1.92 bits per heavy atom. The van der Waals surface area contributed by atoms with E-state index >= 15 is 0 Å². The molecule has 0 rings (SSSR count). The number of carbonyl (C=O) groups excluding carboxylic acids is 1. The van der Waals surface area contributed by atoms with Crippen molar-refractivity contribution in [2.75, 3.05) is 6.61 Å². The predicted molar refractivity (Wildman–Crippen MR) is 53.2 cm³/mol. The highest BCUT2D eigenvalue weighted by Gasteiger charge is 2.19. The second-order valence-corrected chi connectivity index (χ2v) is 3.78. The molecule has 2 unspecified atom stereocenters. The van der Waals surface area contributed by atoms with Gasteiger partial charge in [0.05, 0.1) is 13.0 Å². The van der Waals surface area contributed by atoms with Crippen molar-refractivity contribution < 1.29 is 9.53 Å². The zero-order valence-corrected chi connectivity index (χ0v) is 9.04. The minimum absolute atomic E-state index is 0.0842. The number of hydrogen-bond donors (Lipinski definition) is 1. The molecule has 3 heteroatoms. The van der Waals surface area contributed by atoms with Crippen LogP contribution in [0.3, 0.4) is 0 Å². The van der Waals surface area contributed by atoms with Crippen molar-refractivity contribution in [2.24, 2.45) is 17.6 Å². The lowest BCUT2D eigenvalue weighted by atomic mass is 9.89. The van der Waals surface area contributed by atoms with Gasteiger partial charge < -0.3 is 10.5 Å². The van der Waals surface area contributed by atoms with Crippen molar-refractivity contribution in [1.82, 2.24) is 0 Å². The molecular formula is C10H21NO2. The van der Waals surface area contributed by atoms with Gasteiger partial charge in [0, 0.05) is 6.04 Å². The van der Waals surface area contributed by atoms with Crippen LogP contribution in [0.25, 0.3) is 0 Å². The van der Waals surface area contributed by atoms with Crippen LogP contribution in [0, 0.1) is 11.8 Å². The molecule has 0 fully saturated rings. The normalized spacial score (nSPS) is 15.5. The molecule has 0 saturated carbocycles. The van der Waals surface area contributed by atoms with Crippen LogP contribution in [0.5, 0.6) is 0 Å². The molecule has 0 aromatic heterocycles. The van der Waals surface area contributed by atoms with Gasteiger partial charge >= 0.3 is 5.97 Å². The molecule has 0 bridgehead atoms. The van der Waals surface area contributed by atoms with E-state index in [9.17, 15) is 4.79 Å². The Morgan fingerprint density at radius 3 is 2.31 bits per heavy atom. The van der Waals surface area contributed by atoms with Gasteiger partial charge in [-0.1, -0.05) is 20.8 Å². The van der Waals surface area contributed by atoms with Gasteiger partial charge in [-0.2, -0.15) is 0 Å². The molecule has 0 aliphatic rings.